The summed E-state index contributed by atoms with van der Waals surface area (Å²) in [4.78, 5) is 40.8. The fraction of sp³-hybridized carbons (Fsp3) is 0. The summed E-state index contributed by atoms with van der Waals surface area (Å²) < 4.78 is 0. The zero-order valence-corrected chi connectivity index (χ0v) is 51.8. The SMILES string of the molecule is c1ccc(-c2ccc3ccc(-c4ccc5ccc(-c6ccc7ccc8ccc(-c9ccccc9)nc8c7n6)nc5c4)nc3c2)cc1.c1ccc(-c2ccc3ccc4ccc(-c5ccc6ccc(-c7ccc8ccc(-c9ccc%10ccccc%10c9)cc8n7)cc6n5)nc4c3n2)cc1. The van der Waals surface area contributed by atoms with Crippen molar-refractivity contribution in [2.24, 2.45) is 0 Å². The van der Waals surface area contributed by atoms with Gasteiger partial charge in [-0.25, -0.2) is 39.9 Å². The molecule has 96 heavy (non-hydrogen) atoms. The number of rotatable bonds is 8. The Morgan fingerprint density at radius 3 is 0.771 bits per heavy atom. The molecule has 19 rings (SSSR count). The molecule has 0 radical (unpaired) electrons. The van der Waals surface area contributed by atoms with Crippen LogP contribution < -0.4 is 0 Å². The van der Waals surface area contributed by atoms with Gasteiger partial charge in [-0.05, 0) is 112 Å². The van der Waals surface area contributed by atoms with Crippen molar-refractivity contribution in [3.05, 3.63) is 328 Å². The molecular formula is C88H54N8. The van der Waals surface area contributed by atoms with E-state index >= 15 is 0 Å². The number of fused-ring (bicyclic) bond motifs is 11. The van der Waals surface area contributed by atoms with Gasteiger partial charge in [0.05, 0.1) is 89.7 Å². The molecule has 0 unspecified atom stereocenters. The molecule has 0 aliphatic rings. The highest BCUT2D eigenvalue weighted by atomic mass is 14.8. The van der Waals surface area contributed by atoms with Crippen molar-refractivity contribution in [3.63, 3.8) is 0 Å². The van der Waals surface area contributed by atoms with Gasteiger partial charge in [-0.3, -0.25) is 0 Å². The van der Waals surface area contributed by atoms with Crippen LogP contribution in [0.1, 0.15) is 0 Å². The van der Waals surface area contributed by atoms with Crippen molar-refractivity contribution in [3.8, 4) is 90.1 Å². The Labute approximate surface area is 552 Å². The molecule has 11 aromatic carbocycles. The standard InChI is InChI=1S/C46H28N4.C42H26N4/c1-2-7-30(8-3-1)39-23-20-33-13-14-34-21-25-42(50-46(34)45(33)49-39)41-24-19-32-12-17-38(28-44(32)48-41)40-22-18-31-11-16-37(27-43(31)47-40)36-15-10-29-6-4-5-9-35(29)26-36;1-3-7-27(8-4-1)33-15-11-29-17-21-36(43-39(29)25-33)34-16-12-30-18-23-37(44-40(30)26-34)38-24-20-32-14-13-31-19-22-35(28-9-5-2-6-10-28)45-41(31)42(32)46-38/h1-28H;1-26H. The van der Waals surface area contributed by atoms with Crippen molar-refractivity contribution < 1.29 is 0 Å². The monoisotopic (exact) mass is 1220 g/mol. The van der Waals surface area contributed by atoms with Crippen LogP contribution in [0.2, 0.25) is 0 Å². The second kappa shape index (κ2) is 23.6. The molecule has 0 saturated carbocycles. The number of aromatic nitrogens is 8. The van der Waals surface area contributed by atoms with Crippen molar-refractivity contribution in [2.75, 3.05) is 0 Å². The van der Waals surface area contributed by atoms with E-state index in [0.29, 0.717) is 0 Å². The summed E-state index contributed by atoms with van der Waals surface area (Å²) in [5, 5.41) is 11.1. The first-order chi connectivity index (χ1) is 47.5. The summed E-state index contributed by atoms with van der Waals surface area (Å²) >= 11 is 0. The van der Waals surface area contributed by atoms with Gasteiger partial charge in [0.25, 0.3) is 0 Å². The predicted octanol–water partition coefficient (Wildman–Crippen LogP) is 22.2. The molecule has 0 N–H and O–H groups in total. The van der Waals surface area contributed by atoms with E-state index in [1.165, 1.54) is 21.9 Å². The summed E-state index contributed by atoms with van der Waals surface area (Å²) in [6.45, 7) is 0. The zero-order chi connectivity index (χ0) is 63.5. The number of nitrogens with zero attached hydrogens (tertiary/aromatic N) is 8. The van der Waals surface area contributed by atoms with E-state index in [1.54, 1.807) is 0 Å². The highest BCUT2D eigenvalue weighted by Gasteiger charge is 2.15. The largest absolute Gasteiger partial charge is 0.248 e. The first kappa shape index (κ1) is 55.8. The second-order valence-corrected chi connectivity index (χ2v) is 24.3. The minimum atomic E-state index is 0.814. The van der Waals surface area contributed by atoms with Crippen LogP contribution in [0.5, 0.6) is 0 Å². The lowest BCUT2D eigenvalue weighted by Crippen LogP contribution is -1.93. The molecule has 8 heterocycles. The van der Waals surface area contributed by atoms with Crippen LogP contribution in [0.15, 0.2) is 328 Å². The van der Waals surface area contributed by atoms with Crippen molar-refractivity contribution >= 4 is 98.0 Å². The molecule has 0 bridgehead atoms. The third kappa shape index (κ3) is 10.6. The molecule has 0 atom stereocenters. The molecular weight excluding hydrogens is 1170 g/mol. The van der Waals surface area contributed by atoms with Gasteiger partial charge in [-0.15, -0.1) is 0 Å². The van der Waals surface area contributed by atoms with Crippen LogP contribution in [0.3, 0.4) is 0 Å². The number of pyridine rings is 8. The molecule has 0 fully saturated rings. The molecule has 0 spiro atoms. The Kier molecular flexibility index (Phi) is 13.7. The molecule has 446 valence electrons. The number of hydrogen-bond acceptors (Lipinski definition) is 8. The van der Waals surface area contributed by atoms with E-state index in [-0.39, 0.29) is 0 Å². The third-order valence-electron chi connectivity index (χ3n) is 18.3. The van der Waals surface area contributed by atoms with Crippen LogP contribution in [0.4, 0.5) is 0 Å². The Balaban J connectivity index is 0.000000141. The molecule has 0 saturated heterocycles. The van der Waals surface area contributed by atoms with Gasteiger partial charge >= 0.3 is 0 Å². The summed E-state index contributed by atoms with van der Waals surface area (Å²) in [5.74, 6) is 0. The lowest BCUT2D eigenvalue weighted by molar-refractivity contribution is 1.31. The van der Waals surface area contributed by atoms with Gasteiger partial charge in [0.1, 0.15) is 0 Å². The zero-order valence-electron chi connectivity index (χ0n) is 51.8. The van der Waals surface area contributed by atoms with Gasteiger partial charge in [0.2, 0.25) is 0 Å². The quantitative estimate of drug-likeness (QED) is 0.139. The Morgan fingerprint density at radius 2 is 0.365 bits per heavy atom. The van der Waals surface area contributed by atoms with Crippen LogP contribution >= 0.6 is 0 Å². The van der Waals surface area contributed by atoms with Crippen molar-refractivity contribution in [2.45, 2.75) is 0 Å². The van der Waals surface area contributed by atoms with E-state index in [4.69, 9.17) is 39.9 Å². The highest BCUT2D eigenvalue weighted by molar-refractivity contribution is 6.06. The lowest BCUT2D eigenvalue weighted by atomic mass is 9.99. The maximum Gasteiger partial charge on any atom is 0.0973 e. The summed E-state index contributed by atoms with van der Waals surface area (Å²) in [5.41, 5.74) is 23.1. The first-order valence-corrected chi connectivity index (χ1v) is 32.2. The Bertz CT molecular complexity index is 6280. The van der Waals surface area contributed by atoms with E-state index < -0.39 is 0 Å². The Morgan fingerprint density at radius 1 is 0.125 bits per heavy atom. The van der Waals surface area contributed by atoms with Crippen LogP contribution in [0.25, 0.3) is 188 Å². The predicted molar refractivity (Wildman–Crippen MR) is 396 cm³/mol. The highest BCUT2D eigenvalue weighted by Crippen LogP contribution is 2.35. The number of benzene rings is 11. The second-order valence-electron chi connectivity index (χ2n) is 24.3. The fourth-order valence-corrected chi connectivity index (χ4v) is 13.1. The smallest absolute Gasteiger partial charge is 0.0973 e. The van der Waals surface area contributed by atoms with Gasteiger partial charge in [-0.2, -0.15) is 0 Å². The van der Waals surface area contributed by atoms with E-state index in [9.17, 15) is 0 Å². The van der Waals surface area contributed by atoms with Gasteiger partial charge in [0.15, 0.2) is 0 Å². The summed E-state index contributed by atoms with van der Waals surface area (Å²) in [6.07, 6.45) is 0. The molecule has 19 aromatic rings. The van der Waals surface area contributed by atoms with Gasteiger partial charge in [-0.1, -0.05) is 249 Å². The maximum absolute atomic E-state index is 5.14. The summed E-state index contributed by atoms with van der Waals surface area (Å²) in [6, 6.07) is 114. The third-order valence-corrected chi connectivity index (χ3v) is 18.3. The number of hydrogen-bond donors (Lipinski definition) is 0. The van der Waals surface area contributed by atoms with Gasteiger partial charge < -0.3 is 0 Å². The topological polar surface area (TPSA) is 103 Å². The van der Waals surface area contributed by atoms with Crippen molar-refractivity contribution in [1.29, 1.82) is 0 Å². The average molecular weight is 1220 g/mol. The lowest BCUT2D eigenvalue weighted by Gasteiger charge is -2.09. The molecule has 0 aliphatic carbocycles. The minimum absolute atomic E-state index is 0.814. The molecule has 8 nitrogen and oxygen atoms in total. The van der Waals surface area contributed by atoms with Crippen LogP contribution in [-0.4, -0.2) is 39.9 Å². The van der Waals surface area contributed by atoms with E-state index in [2.05, 4.69) is 261 Å². The van der Waals surface area contributed by atoms with Crippen LogP contribution in [-0.2, 0) is 0 Å². The van der Waals surface area contributed by atoms with E-state index in [1.807, 2.05) is 66.7 Å². The van der Waals surface area contributed by atoms with Crippen LogP contribution in [0, 0.1) is 0 Å². The Hall–Kier alpha value is -13.0. The molecule has 8 aromatic heterocycles. The average Bonchev–Trinajstić information content (AvgIpc) is 0.839. The van der Waals surface area contributed by atoms with Crippen molar-refractivity contribution in [1.82, 2.24) is 39.9 Å². The van der Waals surface area contributed by atoms with Gasteiger partial charge in [0, 0.05) is 65.3 Å². The minimum Gasteiger partial charge on any atom is -0.248 e. The molecule has 8 heteroatoms. The normalized spacial score (nSPS) is 11.5. The molecule has 0 amide bonds. The summed E-state index contributed by atoms with van der Waals surface area (Å²) in [7, 11) is 0. The maximum atomic E-state index is 5.14. The van der Waals surface area contributed by atoms with E-state index in [0.717, 1.165) is 166 Å². The molecule has 0 aliphatic heterocycles. The fourth-order valence-electron chi connectivity index (χ4n) is 13.1. The first-order valence-electron chi connectivity index (χ1n) is 32.2.